The monoisotopic (exact) mass is 320 g/mol. The Morgan fingerprint density at radius 1 is 1.41 bits per heavy atom. The molecule has 3 heterocycles. The highest BCUT2D eigenvalue weighted by Crippen LogP contribution is 2.27. The summed E-state index contributed by atoms with van der Waals surface area (Å²) in [6.07, 6.45) is 0.750. The Balaban J connectivity index is 1.72. The first-order valence-electron chi connectivity index (χ1n) is 7.37. The van der Waals surface area contributed by atoms with E-state index in [0.29, 0.717) is 17.6 Å². The molecule has 1 N–H and O–H groups in total. The predicted molar refractivity (Wildman–Crippen MR) is 86.3 cm³/mol. The van der Waals surface area contributed by atoms with Gasteiger partial charge in [0.1, 0.15) is 16.9 Å². The summed E-state index contributed by atoms with van der Waals surface area (Å²) in [5.74, 6) is 1.25. The first-order valence-corrected chi connectivity index (χ1v) is 8.19. The third-order valence-electron chi connectivity index (χ3n) is 3.69. The van der Waals surface area contributed by atoms with E-state index < -0.39 is 0 Å². The van der Waals surface area contributed by atoms with Crippen molar-refractivity contribution in [1.82, 2.24) is 20.0 Å². The van der Waals surface area contributed by atoms with E-state index in [-0.39, 0.29) is 11.9 Å². The second-order valence-corrected chi connectivity index (χ2v) is 6.85. The lowest BCUT2D eigenvalue weighted by molar-refractivity contribution is -0.117. The summed E-state index contributed by atoms with van der Waals surface area (Å²) in [4.78, 5) is 14.4. The number of nitrogens with zero attached hydrogens (tertiary/aromatic N) is 5. The van der Waals surface area contributed by atoms with Crippen LogP contribution in [0.4, 0.5) is 10.9 Å². The number of anilines is 2. The molecule has 1 aliphatic rings. The van der Waals surface area contributed by atoms with Crippen molar-refractivity contribution in [3.8, 4) is 0 Å². The van der Waals surface area contributed by atoms with Crippen LogP contribution < -0.4 is 10.2 Å². The van der Waals surface area contributed by atoms with Gasteiger partial charge in [0, 0.05) is 25.6 Å². The van der Waals surface area contributed by atoms with Gasteiger partial charge in [0.15, 0.2) is 0 Å². The predicted octanol–water partition coefficient (Wildman–Crippen LogP) is 1.92. The fourth-order valence-electron chi connectivity index (χ4n) is 2.57. The lowest BCUT2D eigenvalue weighted by Crippen LogP contribution is -2.34. The SMILES string of the molecule is Cc1cc(N2CCC(Nc3nnc(C(C)C)s3)C2=O)n(C)n1. The maximum Gasteiger partial charge on any atom is 0.250 e. The molecule has 7 nitrogen and oxygen atoms in total. The van der Waals surface area contributed by atoms with Gasteiger partial charge >= 0.3 is 0 Å². The van der Waals surface area contributed by atoms with Gasteiger partial charge in [-0.3, -0.25) is 14.4 Å². The number of aromatic nitrogens is 4. The fourth-order valence-corrected chi connectivity index (χ4v) is 3.36. The zero-order valence-corrected chi connectivity index (χ0v) is 14.0. The first kappa shape index (κ1) is 15.0. The summed E-state index contributed by atoms with van der Waals surface area (Å²) in [5.41, 5.74) is 0.910. The van der Waals surface area contributed by atoms with Gasteiger partial charge in [0.05, 0.1) is 5.69 Å². The highest BCUT2D eigenvalue weighted by atomic mass is 32.1. The van der Waals surface area contributed by atoms with Crippen molar-refractivity contribution in [2.75, 3.05) is 16.8 Å². The molecule has 1 saturated heterocycles. The summed E-state index contributed by atoms with van der Waals surface area (Å²) in [7, 11) is 1.86. The molecule has 1 aliphatic heterocycles. The molecule has 0 spiro atoms. The second kappa shape index (κ2) is 5.68. The molecule has 8 heteroatoms. The third kappa shape index (κ3) is 2.70. The van der Waals surface area contributed by atoms with E-state index in [1.54, 1.807) is 9.58 Å². The van der Waals surface area contributed by atoms with Gasteiger partial charge in [-0.25, -0.2) is 0 Å². The Hall–Kier alpha value is -1.96. The number of carbonyl (C=O) groups is 1. The number of hydrogen-bond acceptors (Lipinski definition) is 6. The summed E-state index contributed by atoms with van der Waals surface area (Å²) in [6.45, 7) is 6.77. The number of nitrogens with one attached hydrogen (secondary N) is 1. The molecule has 0 aromatic carbocycles. The minimum atomic E-state index is -0.247. The van der Waals surface area contributed by atoms with Crippen LogP contribution in [0.15, 0.2) is 6.07 Å². The molecule has 2 aromatic heterocycles. The van der Waals surface area contributed by atoms with Gasteiger partial charge in [-0.05, 0) is 13.3 Å². The minimum absolute atomic E-state index is 0.0595. The number of amides is 1. The molecule has 1 atom stereocenters. The molecule has 0 saturated carbocycles. The standard InChI is InChI=1S/C14H20N6OS/c1-8(2)12-16-17-14(22-12)15-10-5-6-20(13(10)21)11-7-9(3)18-19(11)4/h7-8,10H,5-6H2,1-4H3,(H,15,17). The van der Waals surface area contributed by atoms with Crippen molar-refractivity contribution >= 4 is 28.2 Å². The van der Waals surface area contributed by atoms with Crippen molar-refractivity contribution in [3.05, 3.63) is 16.8 Å². The zero-order valence-electron chi connectivity index (χ0n) is 13.2. The van der Waals surface area contributed by atoms with Gasteiger partial charge < -0.3 is 5.32 Å². The molecule has 1 unspecified atom stereocenters. The van der Waals surface area contributed by atoms with E-state index >= 15 is 0 Å². The van der Waals surface area contributed by atoms with Crippen molar-refractivity contribution in [2.24, 2.45) is 7.05 Å². The van der Waals surface area contributed by atoms with Gasteiger partial charge in [-0.15, -0.1) is 10.2 Å². The molecule has 0 radical (unpaired) electrons. The Bertz CT molecular complexity index is 691. The lowest BCUT2D eigenvalue weighted by Gasteiger charge is -2.16. The van der Waals surface area contributed by atoms with E-state index in [9.17, 15) is 4.79 Å². The van der Waals surface area contributed by atoms with Crippen LogP contribution in [0.2, 0.25) is 0 Å². The second-order valence-electron chi connectivity index (χ2n) is 5.84. The van der Waals surface area contributed by atoms with Gasteiger partial charge in [-0.2, -0.15) is 5.10 Å². The highest BCUT2D eigenvalue weighted by molar-refractivity contribution is 7.15. The highest BCUT2D eigenvalue weighted by Gasteiger charge is 2.34. The molecule has 0 bridgehead atoms. The van der Waals surface area contributed by atoms with Crippen LogP contribution in [0.25, 0.3) is 0 Å². The molecule has 1 fully saturated rings. The van der Waals surface area contributed by atoms with Crippen LogP contribution in [-0.4, -0.2) is 38.5 Å². The zero-order chi connectivity index (χ0) is 15.9. The average Bonchev–Trinajstić information content (AvgIpc) is 3.12. The number of rotatable bonds is 4. The quantitative estimate of drug-likeness (QED) is 0.931. The van der Waals surface area contributed by atoms with Gasteiger partial charge in [0.25, 0.3) is 5.91 Å². The third-order valence-corrected chi connectivity index (χ3v) is 4.85. The molecule has 3 rings (SSSR count). The summed E-state index contributed by atoms with van der Waals surface area (Å²) < 4.78 is 1.75. The van der Waals surface area contributed by atoms with Crippen LogP contribution in [0, 0.1) is 6.92 Å². The summed E-state index contributed by atoms with van der Waals surface area (Å²) >= 11 is 1.51. The Morgan fingerprint density at radius 3 is 2.77 bits per heavy atom. The smallest absolute Gasteiger partial charge is 0.250 e. The molecule has 1 amide bonds. The molecule has 22 heavy (non-hydrogen) atoms. The van der Waals surface area contributed by atoms with E-state index in [1.807, 2.05) is 20.0 Å². The number of carbonyl (C=O) groups excluding carboxylic acids is 1. The van der Waals surface area contributed by atoms with Crippen molar-refractivity contribution in [1.29, 1.82) is 0 Å². The van der Waals surface area contributed by atoms with Crippen LogP contribution >= 0.6 is 11.3 Å². The average molecular weight is 320 g/mol. The van der Waals surface area contributed by atoms with Crippen LogP contribution in [-0.2, 0) is 11.8 Å². The first-order chi connectivity index (χ1) is 10.5. The molecular weight excluding hydrogens is 300 g/mol. The van der Waals surface area contributed by atoms with Crippen molar-refractivity contribution in [3.63, 3.8) is 0 Å². The van der Waals surface area contributed by atoms with E-state index in [0.717, 1.165) is 22.9 Å². The van der Waals surface area contributed by atoms with Crippen molar-refractivity contribution in [2.45, 2.75) is 39.2 Å². The Morgan fingerprint density at radius 2 is 2.18 bits per heavy atom. The molecular formula is C14H20N6OS. The maximum atomic E-state index is 12.6. The Labute approximate surface area is 133 Å². The van der Waals surface area contributed by atoms with Crippen molar-refractivity contribution < 1.29 is 4.79 Å². The summed E-state index contributed by atoms with van der Waals surface area (Å²) in [5, 5.41) is 17.5. The maximum absolute atomic E-state index is 12.6. The van der Waals surface area contributed by atoms with E-state index in [1.165, 1.54) is 11.3 Å². The van der Waals surface area contributed by atoms with Crippen LogP contribution in [0.1, 0.15) is 36.9 Å². The molecule has 118 valence electrons. The van der Waals surface area contributed by atoms with E-state index in [2.05, 4.69) is 34.5 Å². The van der Waals surface area contributed by atoms with Crippen LogP contribution in [0.3, 0.4) is 0 Å². The number of aryl methyl sites for hydroxylation is 2. The lowest BCUT2D eigenvalue weighted by atomic mass is 10.2. The summed E-state index contributed by atoms with van der Waals surface area (Å²) in [6, 6.07) is 1.69. The molecule has 2 aromatic rings. The largest absolute Gasteiger partial charge is 0.348 e. The minimum Gasteiger partial charge on any atom is -0.348 e. The topological polar surface area (TPSA) is 75.9 Å². The normalized spacial score (nSPS) is 18.5. The van der Waals surface area contributed by atoms with E-state index in [4.69, 9.17) is 0 Å². The van der Waals surface area contributed by atoms with Crippen LogP contribution in [0.5, 0.6) is 0 Å². The van der Waals surface area contributed by atoms with Gasteiger partial charge in [-0.1, -0.05) is 25.2 Å². The molecule has 0 aliphatic carbocycles. The Kier molecular flexibility index (Phi) is 3.86. The van der Waals surface area contributed by atoms with Gasteiger partial charge in [0.2, 0.25) is 5.13 Å². The number of hydrogen-bond donors (Lipinski definition) is 1. The fraction of sp³-hybridized carbons (Fsp3) is 0.571.